The second-order valence-corrected chi connectivity index (χ2v) is 5.71. The molecule has 17 heavy (non-hydrogen) atoms. The molecule has 0 bridgehead atoms. The van der Waals surface area contributed by atoms with Crippen LogP contribution >= 0.6 is 0 Å². The van der Waals surface area contributed by atoms with Gasteiger partial charge in [-0.15, -0.1) is 0 Å². The Morgan fingerprint density at radius 2 is 1.71 bits per heavy atom. The number of rotatable bonds is 2. The van der Waals surface area contributed by atoms with Gasteiger partial charge < -0.3 is 5.11 Å². The molecule has 0 amide bonds. The van der Waals surface area contributed by atoms with Crippen molar-refractivity contribution in [3.05, 3.63) is 42.6 Å². The highest BCUT2D eigenvalue weighted by Gasteiger charge is 2.07. The summed E-state index contributed by atoms with van der Waals surface area (Å²) in [7, 11) is -3.21. The van der Waals surface area contributed by atoms with Crippen LogP contribution < -0.4 is 0 Å². The van der Waals surface area contributed by atoms with Gasteiger partial charge in [0.15, 0.2) is 9.84 Å². The first kappa shape index (κ1) is 11.6. The van der Waals surface area contributed by atoms with Crippen LogP contribution in [0.5, 0.6) is 5.75 Å². The molecule has 1 aromatic carbocycles. The van der Waals surface area contributed by atoms with Gasteiger partial charge in [-0.2, -0.15) is 0 Å². The smallest absolute Gasteiger partial charge is 0.177 e. The van der Waals surface area contributed by atoms with Crippen molar-refractivity contribution in [1.29, 1.82) is 0 Å². The highest BCUT2D eigenvalue weighted by Crippen LogP contribution is 2.20. The van der Waals surface area contributed by atoms with Gasteiger partial charge in [0.05, 0.1) is 10.6 Å². The Bertz CT molecular complexity index is 616. The lowest BCUT2D eigenvalue weighted by atomic mass is 10.1. The van der Waals surface area contributed by atoms with Crippen molar-refractivity contribution in [2.45, 2.75) is 4.90 Å². The first-order chi connectivity index (χ1) is 7.97. The molecule has 0 fully saturated rings. The molecular formula is C12H11NO3S. The third kappa shape index (κ3) is 2.62. The molecule has 0 aliphatic carbocycles. The summed E-state index contributed by atoms with van der Waals surface area (Å²) in [6.07, 6.45) is 2.47. The number of sulfone groups is 1. The molecule has 2 aromatic rings. The van der Waals surface area contributed by atoms with Crippen LogP contribution in [0.25, 0.3) is 11.3 Å². The maximum atomic E-state index is 11.3. The maximum Gasteiger partial charge on any atom is 0.177 e. The third-order valence-corrected chi connectivity index (χ3v) is 3.43. The number of hydrogen-bond acceptors (Lipinski definition) is 4. The van der Waals surface area contributed by atoms with Gasteiger partial charge in [-0.1, -0.05) is 0 Å². The van der Waals surface area contributed by atoms with Gasteiger partial charge in [0.25, 0.3) is 0 Å². The monoisotopic (exact) mass is 249 g/mol. The largest absolute Gasteiger partial charge is 0.508 e. The molecule has 1 heterocycles. The van der Waals surface area contributed by atoms with E-state index >= 15 is 0 Å². The van der Waals surface area contributed by atoms with Gasteiger partial charge in [-0.25, -0.2) is 8.42 Å². The number of aromatic hydroxyl groups is 1. The van der Waals surface area contributed by atoms with Crippen LogP contribution in [0.15, 0.2) is 47.5 Å². The summed E-state index contributed by atoms with van der Waals surface area (Å²) in [5, 5.41) is 9.15. The van der Waals surface area contributed by atoms with Crippen molar-refractivity contribution in [3.63, 3.8) is 0 Å². The molecule has 4 nitrogen and oxygen atoms in total. The zero-order valence-corrected chi connectivity index (χ0v) is 9.98. The lowest BCUT2D eigenvalue weighted by molar-refractivity contribution is 0.475. The van der Waals surface area contributed by atoms with Gasteiger partial charge in [-0.3, -0.25) is 4.98 Å². The molecular weight excluding hydrogens is 238 g/mol. The average Bonchev–Trinajstić information content (AvgIpc) is 2.29. The molecule has 88 valence electrons. The maximum absolute atomic E-state index is 11.3. The van der Waals surface area contributed by atoms with Gasteiger partial charge in [0, 0.05) is 18.0 Å². The summed E-state index contributed by atoms with van der Waals surface area (Å²) < 4.78 is 22.5. The summed E-state index contributed by atoms with van der Waals surface area (Å²) in [5.74, 6) is 0.182. The van der Waals surface area contributed by atoms with Gasteiger partial charge in [0.1, 0.15) is 5.75 Å². The molecule has 1 aromatic heterocycles. The normalized spacial score (nSPS) is 11.4. The van der Waals surface area contributed by atoms with E-state index in [9.17, 15) is 8.42 Å². The van der Waals surface area contributed by atoms with E-state index in [1.165, 1.54) is 12.3 Å². The fraction of sp³-hybridized carbons (Fsp3) is 0.0833. The molecule has 0 spiro atoms. The number of benzene rings is 1. The summed E-state index contributed by atoms with van der Waals surface area (Å²) in [4.78, 5) is 4.28. The van der Waals surface area contributed by atoms with Crippen LogP contribution in [0.1, 0.15) is 0 Å². The second kappa shape index (κ2) is 4.18. The minimum absolute atomic E-state index is 0.182. The molecule has 1 N–H and O–H groups in total. The van der Waals surface area contributed by atoms with Crippen LogP contribution in [0.3, 0.4) is 0 Å². The van der Waals surface area contributed by atoms with E-state index < -0.39 is 9.84 Å². The molecule has 2 rings (SSSR count). The summed E-state index contributed by atoms with van der Waals surface area (Å²) in [6, 6.07) is 9.71. The number of pyridine rings is 1. The number of phenols is 1. The predicted octanol–water partition coefficient (Wildman–Crippen LogP) is 1.86. The quantitative estimate of drug-likeness (QED) is 0.882. The predicted molar refractivity (Wildman–Crippen MR) is 64.4 cm³/mol. The molecule has 0 atom stereocenters. The van der Waals surface area contributed by atoms with Crippen molar-refractivity contribution in [2.75, 3.05) is 6.26 Å². The van der Waals surface area contributed by atoms with E-state index in [1.807, 2.05) is 0 Å². The van der Waals surface area contributed by atoms with Gasteiger partial charge in [0.2, 0.25) is 0 Å². The zero-order valence-electron chi connectivity index (χ0n) is 9.16. The molecule has 0 aliphatic rings. The highest BCUT2D eigenvalue weighted by molar-refractivity contribution is 7.90. The summed E-state index contributed by atoms with van der Waals surface area (Å²) in [5.41, 5.74) is 1.49. The Kier molecular flexibility index (Phi) is 2.85. The molecule has 5 heteroatoms. The van der Waals surface area contributed by atoms with Crippen molar-refractivity contribution in [2.24, 2.45) is 0 Å². The van der Waals surface area contributed by atoms with Crippen LogP contribution in [0.4, 0.5) is 0 Å². The van der Waals surface area contributed by atoms with Crippen molar-refractivity contribution in [3.8, 4) is 17.0 Å². The number of phenolic OH excluding ortho intramolecular Hbond substituents is 1. The minimum atomic E-state index is -3.21. The lowest BCUT2D eigenvalue weighted by Gasteiger charge is -2.02. The van der Waals surface area contributed by atoms with E-state index in [1.54, 1.807) is 30.3 Å². The van der Waals surface area contributed by atoms with E-state index in [4.69, 9.17) is 5.11 Å². The van der Waals surface area contributed by atoms with Crippen molar-refractivity contribution < 1.29 is 13.5 Å². The number of hydrogen-bond donors (Lipinski definition) is 1. The van der Waals surface area contributed by atoms with Crippen molar-refractivity contribution in [1.82, 2.24) is 4.98 Å². The zero-order chi connectivity index (χ0) is 12.5. The Hall–Kier alpha value is -1.88. The Morgan fingerprint density at radius 1 is 1.06 bits per heavy atom. The minimum Gasteiger partial charge on any atom is -0.508 e. The third-order valence-electron chi connectivity index (χ3n) is 2.33. The van der Waals surface area contributed by atoms with Gasteiger partial charge >= 0.3 is 0 Å². The summed E-state index contributed by atoms with van der Waals surface area (Å²) >= 11 is 0. The van der Waals surface area contributed by atoms with Crippen LogP contribution in [0, 0.1) is 0 Å². The Labute approximate surface area is 99.5 Å². The van der Waals surface area contributed by atoms with Gasteiger partial charge in [-0.05, 0) is 36.4 Å². The second-order valence-electron chi connectivity index (χ2n) is 3.70. The van der Waals surface area contributed by atoms with Crippen LogP contribution in [0.2, 0.25) is 0 Å². The molecule has 0 saturated carbocycles. The average molecular weight is 249 g/mol. The number of nitrogens with zero attached hydrogens (tertiary/aromatic N) is 1. The fourth-order valence-electron chi connectivity index (χ4n) is 1.40. The van der Waals surface area contributed by atoms with Crippen LogP contribution in [-0.4, -0.2) is 24.8 Å². The van der Waals surface area contributed by atoms with E-state index in [2.05, 4.69) is 4.98 Å². The lowest BCUT2D eigenvalue weighted by Crippen LogP contribution is -1.97. The topological polar surface area (TPSA) is 67.3 Å². The van der Waals surface area contributed by atoms with E-state index in [0.29, 0.717) is 5.69 Å². The number of aromatic nitrogens is 1. The van der Waals surface area contributed by atoms with E-state index in [0.717, 1.165) is 11.8 Å². The first-order valence-electron chi connectivity index (χ1n) is 4.92. The van der Waals surface area contributed by atoms with Crippen molar-refractivity contribution >= 4 is 9.84 Å². The van der Waals surface area contributed by atoms with E-state index in [-0.39, 0.29) is 10.6 Å². The standard InChI is InChI=1S/C12H11NO3S/c1-17(15,16)11-6-7-12(13-8-11)9-2-4-10(14)5-3-9/h2-8,14H,1H3. The highest BCUT2D eigenvalue weighted by atomic mass is 32.2. The molecule has 0 aliphatic heterocycles. The van der Waals surface area contributed by atoms with Crippen LogP contribution in [-0.2, 0) is 9.84 Å². The Balaban J connectivity index is 2.39. The summed E-state index contributed by atoms with van der Waals surface area (Å²) in [6.45, 7) is 0. The SMILES string of the molecule is CS(=O)(=O)c1ccc(-c2ccc(O)cc2)nc1. The molecule has 0 unspecified atom stereocenters. The molecule has 0 radical (unpaired) electrons. The fourth-order valence-corrected chi connectivity index (χ4v) is 1.96. The first-order valence-corrected chi connectivity index (χ1v) is 6.81. The molecule has 0 saturated heterocycles. The Morgan fingerprint density at radius 3 is 2.18 bits per heavy atom.